The second-order valence-electron chi connectivity index (χ2n) is 11.7. The number of fused-ring (bicyclic) bond motifs is 6. The molecule has 2 aliphatic carbocycles. The van der Waals surface area contributed by atoms with Crippen molar-refractivity contribution in [2.24, 2.45) is 0 Å². The summed E-state index contributed by atoms with van der Waals surface area (Å²) < 4.78 is 2.33. The van der Waals surface area contributed by atoms with Crippen molar-refractivity contribution in [1.82, 2.24) is 24.5 Å². The number of rotatable bonds is 4. The Hall–Kier alpha value is -5.68. The van der Waals surface area contributed by atoms with E-state index in [4.69, 9.17) is 19.9 Å². The standard InChI is InChI=1S/C40H29N5/c1-2-13-28(14-3-1)38-42-39(44-40(43-38)32-19-10-15-26-11-4-6-16-30(26)32)29-23-24-41-36(25-29)45-34-20-9-8-18-33(34)37-31-17-7-5-12-27(31)21-22-35(37)45/h1-6,9-16,19-25H,7-8,17-18H2. The van der Waals surface area contributed by atoms with Crippen LogP contribution in [-0.4, -0.2) is 24.5 Å². The van der Waals surface area contributed by atoms with Crippen LogP contribution in [0.4, 0.5) is 0 Å². The molecule has 4 aromatic carbocycles. The fourth-order valence-electron chi connectivity index (χ4n) is 6.97. The van der Waals surface area contributed by atoms with Crippen molar-refractivity contribution < 1.29 is 0 Å². The quantitative estimate of drug-likeness (QED) is 0.209. The number of pyridine rings is 1. The number of nitrogens with zero attached hydrogens (tertiary/aromatic N) is 5. The van der Waals surface area contributed by atoms with Gasteiger partial charge in [0.15, 0.2) is 17.5 Å². The maximum atomic E-state index is 5.10. The van der Waals surface area contributed by atoms with Gasteiger partial charge in [-0.15, -0.1) is 0 Å². The van der Waals surface area contributed by atoms with Crippen molar-refractivity contribution in [2.45, 2.75) is 25.7 Å². The molecule has 0 fully saturated rings. The zero-order valence-electron chi connectivity index (χ0n) is 24.7. The Morgan fingerprint density at radius 2 is 1.36 bits per heavy atom. The van der Waals surface area contributed by atoms with E-state index in [-0.39, 0.29) is 0 Å². The Kier molecular flexibility index (Phi) is 6.01. The fraction of sp³-hybridized carbons (Fsp3) is 0.100. The van der Waals surface area contributed by atoms with Gasteiger partial charge >= 0.3 is 0 Å². The average molecular weight is 580 g/mol. The number of benzene rings is 4. The number of hydrogen-bond donors (Lipinski definition) is 0. The predicted molar refractivity (Wildman–Crippen MR) is 183 cm³/mol. The molecule has 0 amide bonds. The van der Waals surface area contributed by atoms with E-state index in [9.17, 15) is 0 Å². The highest BCUT2D eigenvalue weighted by atomic mass is 15.1. The first-order chi connectivity index (χ1) is 22.3. The van der Waals surface area contributed by atoms with Crippen LogP contribution >= 0.6 is 0 Å². The van der Waals surface area contributed by atoms with Crippen LogP contribution in [0.15, 0.2) is 115 Å². The van der Waals surface area contributed by atoms with Gasteiger partial charge in [0.2, 0.25) is 0 Å². The molecule has 3 heterocycles. The first kappa shape index (κ1) is 25.8. The number of aromatic nitrogens is 5. The van der Waals surface area contributed by atoms with Crippen LogP contribution in [0.25, 0.3) is 73.8 Å². The van der Waals surface area contributed by atoms with Gasteiger partial charge in [0.25, 0.3) is 0 Å². The highest BCUT2D eigenvalue weighted by Crippen LogP contribution is 2.39. The summed E-state index contributed by atoms with van der Waals surface area (Å²) in [5.41, 5.74) is 9.49. The molecule has 0 unspecified atom stereocenters. The molecular formula is C40H29N5. The topological polar surface area (TPSA) is 56.5 Å². The Morgan fingerprint density at radius 1 is 0.600 bits per heavy atom. The van der Waals surface area contributed by atoms with Crippen molar-refractivity contribution in [1.29, 1.82) is 0 Å². The van der Waals surface area contributed by atoms with Gasteiger partial charge in [-0.1, -0.05) is 97.1 Å². The summed E-state index contributed by atoms with van der Waals surface area (Å²) >= 11 is 0. The molecule has 214 valence electrons. The molecule has 5 nitrogen and oxygen atoms in total. The van der Waals surface area contributed by atoms with E-state index in [2.05, 4.69) is 89.5 Å². The lowest BCUT2D eigenvalue weighted by molar-refractivity contribution is 0.949. The molecule has 0 aliphatic heterocycles. The second kappa shape index (κ2) is 10.5. The van der Waals surface area contributed by atoms with E-state index in [1.807, 2.05) is 42.6 Å². The van der Waals surface area contributed by atoms with Crippen LogP contribution < -0.4 is 0 Å². The van der Waals surface area contributed by atoms with Crippen LogP contribution in [0.5, 0.6) is 0 Å². The number of hydrogen-bond acceptors (Lipinski definition) is 4. The van der Waals surface area contributed by atoms with Crippen molar-refractivity contribution >= 4 is 33.8 Å². The van der Waals surface area contributed by atoms with E-state index < -0.39 is 0 Å². The van der Waals surface area contributed by atoms with Gasteiger partial charge in [0, 0.05) is 28.3 Å². The summed E-state index contributed by atoms with van der Waals surface area (Å²) in [5, 5.41) is 3.66. The maximum Gasteiger partial charge on any atom is 0.164 e. The third kappa shape index (κ3) is 4.31. The number of allylic oxidation sites excluding steroid dienone is 2. The summed E-state index contributed by atoms with van der Waals surface area (Å²) in [6.45, 7) is 0. The van der Waals surface area contributed by atoms with Crippen LogP contribution in [-0.2, 0) is 12.8 Å². The van der Waals surface area contributed by atoms with Crippen LogP contribution in [0.3, 0.4) is 0 Å². The van der Waals surface area contributed by atoms with Gasteiger partial charge in [-0.05, 0) is 77.4 Å². The Balaban J connectivity index is 1.25. The zero-order valence-corrected chi connectivity index (χ0v) is 24.7. The molecule has 9 rings (SSSR count). The first-order valence-electron chi connectivity index (χ1n) is 15.6. The van der Waals surface area contributed by atoms with Crippen LogP contribution in [0.1, 0.15) is 35.2 Å². The lowest BCUT2D eigenvalue weighted by Gasteiger charge is -2.14. The van der Waals surface area contributed by atoms with Crippen LogP contribution in [0, 0.1) is 0 Å². The Labute approximate surface area is 261 Å². The Morgan fingerprint density at radius 3 is 2.27 bits per heavy atom. The van der Waals surface area contributed by atoms with Gasteiger partial charge in [-0.2, -0.15) is 0 Å². The molecule has 0 spiro atoms. The van der Waals surface area contributed by atoms with Crippen LogP contribution in [0.2, 0.25) is 0 Å². The molecule has 0 atom stereocenters. The molecule has 0 saturated heterocycles. The molecule has 0 bridgehead atoms. The largest absolute Gasteiger partial charge is 0.294 e. The van der Waals surface area contributed by atoms with E-state index in [0.29, 0.717) is 17.5 Å². The Bertz CT molecular complexity index is 2320. The molecule has 2 aliphatic rings. The van der Waals surface area contributed by atoms with E-state index in [1.54, 1.807) is 0 Å². The molecule has 0 radical (unpaired) electrons. The van der Waals surface area contributed by atoms with Gasteiger partial charge < -0.3 is 0 Å². The lowest BCUT2D eigenvalue weighted by Crippen LogP contribution is -2.04. The van der Waals surface area contributed by atoms with Crippen molar-refractivity contribution in [2.75, 3.05) is 0 Å². The second-order valence-corrected chi connectivity index (χ2v) is 11.7. The molecule has 3 aromatic heterocycles. The SMILES string of the molecule is C1=Cc2ccc3c(c2CC1)c1c(n3-c2cc(-c3nc(-c4ccccc4)nc(-c4cccc5ccccc45)n3)ccn2)C=CCC1. The van der Waals surface area contributed by atoms with Crippen molar-refractivity contribution in [3.63, 3.8) is 0 Å². The maximum absolute atomic E-state index is 5.10. The monoisotopic (exact) mass is 579 g/mol. The minimum absolute atomic E-state index is 0.624. The molecule has 7 aromatic rings. The van der Waals surface area contributed by atoms with Crippen molar-refractivity contribution in [3.05, 3.63) is 138 Å². The third-order valence-corrected chi connectivity index (χ3v) is 9.05. The third-order valence-electron chi connectivity index (χ3n) is 9.05. The molecule has 45 heavy (non-hydrogen) atoms. The smallest absolute Gasteiger partial charge is 0.164 e. The summed E-state index contributed by atoms with van der Waals surface area (Å²) in [5.74, 6) is 2.79. The summed E-state index contributed by atoms with van der Waals surface area (Å²) in [7, 11) is 0. The van der Waals surface area contributed by atoms with E-state index in [0.717, 1.165) is 59.0 Å². The minimum atomic E-state index is 0.624. The van der Waals surface area contributed by atoms with E-state index in [1.165, 1.54) is 33.3 Å². The zero-order chi connectivity index (χ0) is 29.7. The van der Waals surface area contributed by atoms with Gasteiger partial charge in [-0.25, -0.2) is 19.9 Å². The first-order valence-corrected chi connectivity index (χ1v) is 15.6. The predicted octanol–water partition coefficient (Wildman–Crippen LogP) is 9.28. The molecule has 0 N–H and O–H groups in total. The highest BCUT2D eigenvalue weighted by molar-refractivity contribution is 5.96. The summed E-state index contributed by atoms with van der Waals surface area (Å²) in [4.78, 5) is 20.1. The summed E-state index contributed by atoms with van der Waals surface area (Å²) in [6.07, 6.45) is 15.2. The van der Waals surface area contributed by atoms with Gasteiger partial charge in [0.1, 0.15) is 5.82 Å². The van der Waals surface area contributed by atoms with E-state index >= 15 is 0 Å². The van der Waals surface area contributed by atoms with Gasteiger partial charge in [0.05, 0.1) is 11.2 Å². The summed E-state index contributed by atoms with van der Waals surface area (Å²) in [6, 6.07) is 33.4. The number of aryl methyl sites for hydroxylation is 2. The molecule has 0 saturated carbocycles. The van der Waals surface area contributed by atoms with Crippen molar-refractivity contribution in [3.8, 4) is 40.0 Å². The van der Waals surface area contributed by atoms with Gasteiger partial charge in [-0.3, -0.25) is 4.57 Å². The normalized spacial score (nSPS) is 13.7. The fourth-order valence-corrected chi connectivity index (χ4v) is 6.97. The lowest BCUT2D eigenvalue weighted by atomic mass is 9.90. The molecular weight excluding hydrogens is 550 g/mol. The average Bonchev–Trinajstić information content (AvgIpc) is 3.46. The molecule has 5 heteroatoms. The minimum Gasteiger partial charge on any atom is -0.294 e. The highest BCUT2D eigenvalue weighted by Gasteiger charge is 2.24.